The molecule has 2 N–H and O–H groups in total. The summed E-state index contributed by atoms with van der Waals surface area (Å²) < 4.78 is 5.07. The summed E-state index contributed by atoms with van der Waals surface area (Å²) in [6.45, 7) is 7.86. The van der Waals surface area contributed by atoms with Crippen molar-refractivity contribution in [3.8, 4) is 0 Å². The summed E-state index contributed by atoms with van der Waals surface area (Å²) in [4.78, 5) is 11.2. The number of nitrogens with one attached hydrogen (secondary N) is 1. The molecule has 4 heteroatoms. The lowest BCUT2D eigenvalue weighted by Crippen LogP contribution is -2.33. The molecule has 0 bridgehead atoms. The predicted octanol–water partition coefficient (Wildman–Crippen LogP) is 2.06. The zero-order chi connectivity index (χ0) is 11.9. The molecule has 0 heterocycles. The number of ether oxygens (including phenoxy) is 1. The first-order valence-electron chi connectivity index (χ1n) is 5.46. The van der Waals surface area contributed by atoms with Gasteiger partial charge >= 0.3 is 6.09 Å². The van der Waals surface area contributed by atoms with E-state index in [1.54, 1.807) is 6.92 Å². The number of unbranched alkanes of at least 4 members (excludes halogenated alkanes) is 1. The molecule has 0 spiro atoms. The Hall–Kier alpha value is -0.770. The molecule has 0 aromatic heterocycles. The molecule has 0 saturated carbocycles. The molecule has 4 nitrogen and oxygen atoms in total. The molecule has 15 heavy (non-hydrogen) atoms. The number of carbonyl (C=O) groups excluding carboxylic acids is 1. The summed E-state index contributed by atoms with van der Waals surface area (Å²) in [6, 6.07) is 0. The molecule has 0 aliphatic carbocycles. The molecule has 0 aromatic carbocycles. The van der Waals surface area contributed by atoms with Gasteiger partial charge in [0.1, 0.15) is 5.60 Å². The highest BCUT2D eigenvalue weighted by atomic mass is 16.6. The summed E-state index contributed by atoms with van der Waals surface area (Å²) in [5.74, 6) is 0. The third kappa shape index (κ3) is 11.2. The predicted molar refractivity (Wildman–Crippen MR) is 59.8 cm³/mol. The molecule has 0 fully saturated rings. The lowest BCUT2D eigenvalue weighted by Gasteiger charge is -2.19. The van der Waals surface area contributed by atoms with Crippen molar-refractivity contribution in [3.05, 3.63) is 0 Å². The Bertz CT molecular complexity index is 185. The Kier molecular flexibility index (Phi) is 6.32. The van der Waals surface area contributed by atoms with Crippen molar-refractivity contribution >= 4 is 6.09 Å². The van der Waals surface area contributed by atoms with Crippen molar-refractivity contribution in [2.24, 2.45) is 0 Å². The van der Waals surface area contributed by atoms with Crippen LogP contribution in [-0.4, -0.2) is 29.4 Å². The topological polar surface area (TPSA) is 58.6 Å². The van der Waals surface area contributed by atoms with Crippen LogP contribution in [-0.2, 0) is 4.74 Å². The maximum absolute atomic E-state index is 11.2. The molecular weight excluding hydrogens is 194 g/mol. The van der Waals surface area contributed by atoms with Crippen LogP contribution in [0.3, 0.4) is 0 Å². The van der Waals surface area contributed by atoms with Crippen molar-refractivity contribution < 1.29 is 14.6 Å². The van der Waals surface area contributed by atoms with E-state index in [4.69, 9.17) is 9.84 Å². The van der Waals surface area contributed by atoms with Crippen molar-refractivity contribution in [2.75, 3.05) is 6.54 Å². The van der Waals surface area contributed by atoms with Gasteiger partial charge in [-0.25, -0.2) is 4.79 Å². The average Bonchev–Trinajstić information content (AvgIpc) is 1.99. The van der Waals surface area contributed by atoms with Gasteiger partial charge in [0.2, 0.25) is 0 Å². The fourth-order valence-electron chi connectivity index (χ4n) is 1.07. The van der Waals surface area contributed by atoms with Crippen LogP contribution in [0.15, 0.2) is 0 Å². The molecule has 0 aliphatic rings. The van der Waals surface area contributed by atoms with E-state index in [0.29, 0.717) is 6.54 Å². The largest absolute Gasteiger partial charge is 0.444 e. The third-order valence-electron chi connectivity index (χ3n) is 1.72. The monoisotopic (exact) mass is 217 g/mol. The van der Waals surface area contributed by atoms with Gasteiger partial charge in [0.25, 0.3) is 0 Å². The first-order valence-corrected chi connectivity index (χ1v) is 5.46. The molecule has 1 atom stereocenters. The van der Waals surface area contributed by atoms with Gasteiger partial charge < -0.3 is 15.2 Å². The minimum absolute atomic E-state index is 0.258. The second-order valence-corrected chi connectivity index (χ2v) is 4.77. The van der Waals surface area contributed by atoms with Crippen LogP contribution >= 0.6 is 0 Å². The van der Waals surface area contributed by atoms with Gasteiger partial charge in [-0.2, -0.15) is 0 Å². The zero-order valence-electron chi connectivity index (χ0n) is 10.2. The second kappa shape index (κ2) is 6.67. The van der Waals surface area contributed by atoms with Gasteiger partial charge in [0.05, 0.1) is 6.10 Å². The van der Waals surface area contributed by atoms with Crippen LogP contribution in [0.2, 0.25) is 0 Å². The summed E-state index contributed by atoms with van der Waals surface area (Å²) >= 11 is 0. The van der Waals surface area contributed by atoms with Crippen molar-refractivity contribution in [1.82, 2.24) is 5.32 Å². The van der Waals surface area contributed by atoms with Gasteiger partial charge in [-0.1, -0.05) is 0 Å². The lowest BCUT2D eigenvalue weighted by molar-refractivity contribution is 0.0526. The van der Waals surface area contributed by atoms with Crippen LogP contribution in [0.1, 0.15) is 47.0 Å². The Morgan fingerprint density at radius 1 is 1.40 bits per heavy atom. The van der Waals surface area contributed by atoms with Crippen LogP contribution in [0.4, 0.5) is 4.79 Å². The number of amides is 1. The van der Waals surface area contributed by atoms with E-state index in [2.05, 4.69) is 5.32 Å². The van der Waals surface area contributed by atoms with E-state index in [1.807, 2.05) is 20.8 Å². The van der Waals surface area contributed by atoms with E-state index in [0.717, 1.165) is 19.3 Å². The minimum Gasteiger partial charge on any atom is -0.444 e. The van der Waals surface area contributed by atoms with E-state index in [1.165, 1.54) is 0 Å². The highest BCUT2D eigenvalue weighted by Gasteiger charge is 2.15. The van der Waals surface area contributed by atoms with Crippen LogP contribution in [0, 0.1) is 0 Å². The van der Waals surface area contributed by atoms with E-state index in [-0.39, 0.29) is 12.2 Å². The molecule has 1 amide bonds. The summed E-state index contributed by atoms with van der Waals surface area (Å²) in [5.41, 5.74) is -0.441. The highest BCUT2D eigenvalue weighted by molar-refractivity contribution is 5.67. The molecule has 0 aromatic rings. The fraction of sp³-hybridized carbons (Fsp3) is 0.909. The maximum Gasteiger partial charge on any atom is 0.407 e. The highest BCUT2D eigenvalue weighted by Crippen LogP contribution is 2.06. The van der Waals surface area contributed by atoms with Crippen LogP contribution in [0.25, 0.3) is 0 Å². The normalized spacial score (nSPS) is 13.4. The first kappa shape index (κ1) is 14.2. The summed E-state index contributed by atoms with van der Waals surface area (Å²) in [6.07, 6.45) is 1.92. The van der Waals surface area contributed by atoms with E-state index >= 15 is 0 Å². The van der Waals surface area contributed by atoms with Gasteiger partial charge in [-0.05, 0) is 47.0 Å². The quantitative estimate of drug-likeness (QED) is 0.693. The number of aliphatic hydroxyl groups excluding tert-OH is 1. The smallest absolute Gasteiger partial charge is 0.407 e. The van der Waals surface area contributed by atoms with Crippen molar-refractivity contribution in [2.45, 2.75) is 58.7 Å². The average molecular weight is 217 g/mol. The van der Waals surface area contributed by atoms with Gasteiger partial charge in [0, 0.05) is 6.54 Å². The Morgan fingerprint density at radius 2 is 2.00 bits per heavy atom. The fourth-order valence-corrected chi connectivity index (χ4v) is 1.07. The molecule has 0 saturated heterocycles. The minimum atomic E-state index is -0.441. The number of aliphatic hydroxyl groups is 1. The van der Waals surface area contributed by atoms with E-state index < -0.39 is 5.60 Å². The first-order chi connectivity index (χ1) is 6.81. The molecule has 90 valence electrons. The molecule has 0 rings (SSSR count). The Morgan fingerprint density at radius 3 is 2.47 bits per heavy atom. The van der Waals surface area contributed by atoms with Gasteiger partial charge in [-0.15, -0.1) is 0 Å². The molecule has 0 aliphatic heterocycles. The van der Waals surface area contributed by atoms with Crippen molar-refractivity contribution in [3.63, 3.8) is 0 Å². The third-order valence-corrected chi connectivity index (χ3v) is 1.72. The van der Waals surface area contributed by atoms with Gasteiger partial charge in [0.15, 0.2) is 0 Å². The Balaban J connectivity index is 3.40. The number of rotatable bonds is 5. The summed E-state index contributed by atoms with van der Waals surface area (Å²) in [7, 11) is 0. The maximum atomic E-state index is 11.2. The standard InChI is InChI=1S/C11H23NO3/c1-9(13)7-5-6-8-12-10(14)15-11(2,3)4/h9,13H,5-8H2,1-4H3,(H,12,14). The zero-order valence-corrected chi connectivity index (χ0v) is 10.2. The Labute approximate surface area is 92.0 Å². The number of hydrogen-bond donors (Lipinski definition) is 2. The lowest BCUT2D eigenvalue weighted by atomic mass is 10.2. The van der Waals surface area contributed by atoms with Crippen LogP contribution < -0.4 is 5.32 Å². The summed E-state index contributed by atoms with van der Waals surface area (Å²) in [5, 5.41) is 11.7. The second-order valence-electron chi connectivity index (χ2n) is 4.77. The number of hydrogen-bond acceptors (Lipinski definition) is 3. The van der Waals surface area contributed by atoms with Gasteiger partial charge in [-0.3, -0.25) is 0 Å². The number of alkyl carbamates (subject to hydrolysis) is 1. The van der Waals surface area contributed by atoms with Crippen molar-refractivity contribution in [1.29, 1.82) is 0 Å². The molecular formula is C11H23NO3. The molecule has 0 radical (unpaired) electrons. The van der Waals surface area contributed by atoms with E-state index in [9.17, 15) is 4.79 Å². The van der Waals surface area contributed by atoms with Crippen LogP contribution in [0.5, 0.6) is 0 Å². The number of carbonyl (C=O) groups is 1. The SMILES string of the molecule is CC(O)CCCCNC(=O)OC(C)(C)C. The molecule has 1 unspecified atom stereocenters.